The lowest BCUT2D eigenvalue weighted by Crippen LogP contribution is -2.32. The fourth-order valence-corrected chi connectivity index (χ4v) is 3.68. The monoisotopic (exact) mass is 334 g/mol. The van der Waals surface area contributed by atoms with Gasteiger partial charge >= 0.3 is 0 Å². The number of benzene rings is 1. The molecule has 3 heterocycles. The van der Waals surface area contributed by atoms with Crippen LogP contribution in [0.1, 0.15) is 35.3 Å². The second-order valence-corrected chi connectivity index (χ2v) is 6.80. The second kappa shape index (κ2) is 7.05. The minimum absolute atomic E-state index is 0.0607. The molecule has 0 saturated carbocycles. The number of pyridine rings is 1. The van der Waals surface area contributed by atoms with Gasteiger partial charge in [-0.25, -0.2) is 0 Å². The zero-order valence-corrected chi connectivity index (χ0v) is 14.2. The Labute approximate surface area is 147 Å². The van der Waals surface area contributed by atoms with E-state index in [1.165, 1.54) is 10.9 Å². The highest BCUT2D eigenvalue weighted by atomic mass is 16.2. The van der Waals surface area contributed by atoms with Gasteiger partial charge in [-0.15, -0.1) is 0 Å². The van der Waals surface area contributed by atoms with Gasteiger partial charge in [-0.1, -0.05) is 18.2 Å². The Morgan fingerprint density at radius 2 is 2.12 bits per heavy atom. The number of hydrogen-bond donors (Lipinski definition) is 1. The molecule has 1 fully saturated rings. The molecule has 1 amide bonds. The van der Waals surface area contributed by atoms with Gasteiger partial charge in [-0.05, 0) is 55.4 Å². The number of fused-ring (bicyclic) bond motifs is 1. The lowest BCUT2D eigenvalue weighted by Gasteiger charge is -2.19. The molecule has 5 nitrogen and oxygen atoms in total. The van der Waals surface area contributed by atoms with Crippen molar-refractivity contribution in [2.45, 2.75) is 25.7 Å². The summed E-state index contributed by atoms with van der Waals surface area (Å²) in [5, 5.41) is 7.85. The number of aromatic amines is 1. The van der Waals surface area contributed by atoms with Crippen LogP contribution >= 0.6 is 0 Å². The molecule has 25 heavy (non-hydrogen) atoms. The molecule has 1 aromatic carbocycles. The van der Waals surface area contributed by atoms with E-state index in [1.807, 2.05) is 23.2 Å². The minimum atomic E-state index is 0.0607. The normalized spacial score (nSPS) is 18.2. The van der Waals surface area contributed by atoms with Crippen LogP contribution in [0.5, 0.6) is 0 Å². The summed E-state index contributed by atoms with van der Waals surface area (Å²) in [6, 6.07) is 12.2. The van der Waals surface area contributed by atoms with Crippen LogP contribution in [0.2, 0.25) is 0 Å². The zero-order chi connectivity index (χ0) is 17.1. The van der Waals surface area contributed by atoms with Crippen LogP contribution in [-0.2, 0) is 6.42 Å². The molecule has 5 heteroatoms. The maximum absolute atomic E-state index is 12.5. The predicted octanol–water partition coefficient (Wildman–Crippen LogP) is 3.44. The summed E-state index contributed by atoms with van der Waals surface area (Å²) in [7, 11) is 0. The second-order valence-electron chi connectivity index (χ2n) is 6.80. The summed E-state index contributed by atoms with van der Waals surface area (Å²) in [4.78, 5) is 19.0. The number of likely N-dealkylation sites (tertiary alicyclic amines) is 1. The summed E-state index contributed by atoms with van der Waals surface area (Å²) >= 11 is 0. The molecular weight excluding hydrogens is 312 g/mol. The van der Waals surface area contributed by atoms with Crippen molar-refractivity contribution in [2.24, 2.45) is 5.92 Å². The van der Waals surface area contributed by atoms with Gasteiger partial charge < -0.3 is 4.90 Å². The maximum atomic E-state index is 12.5. The average molecular weight is 334 g/mol. The third kappa shape index (κ3) is 3.55. The summed E-state index contributed by atoms with van der Waals surface area (Å²) in [6.07, 6.45) is 7.89. The first-order valence-electron chi connectivity index (χ1n) is 8.92. The topological polar surface area (TPSA) is 61.9 Å². The molecule has 128 valence electrons. The van der Waals surface area contributed by atoms with Crippen molar-refractivity contribution >= 4 is 16.8 Å². The zero-order valence-electron chi connectivity index (χ0n) is 14.2. The molecule has 1 atom stereocenters. The van der Waals surface area contributed by atoms with Gasteiger partial charge in [0.1, 0.15) is 5.69 Å². The van der Waals surface area contributed by atoms with Crippen LogP contribution < -0.4 is 0 Å². The smallest absolute Gasteiger partial charge is 0.271 e. The predicted molar refractivity (Wildman–Crippen MR) is 97.3 cm³/mol. The number of nitrogens with one attached hydrogen (secondary N) is 1. The lowest BCUT2D eigenvalue weighted by molar-refractivity contribution is 0.0754. The number of carbonyl (C=O) groups excluding carboxylic acids is 1. The summed E-state index contributed by atoms with van der Waals surface area (Å²) < 4.78 is 0. The third-order valence-electron chi connectivity index (χ3n) is 5.04. The van der Waals surface area contributed by atoms with E-state index in [1.54, 1.807) is 12.3 Å². The highest BCUT2D eigenvalue weighted by Crippen LogP contribution is 2.24. The van der Waals surface area contributed by atoms with Crippen molar-refractivity contribution in [3.8, 4) is 0 Å². The largest absolute Gasteiger partial charge is 0.337 e. The van der Waals surface area contributed by atoms with Gasteiger partial charge in [0, 0.05) is 30.9 Å². The van der Waals surface area contributed by atoms with Crippen molar-refractivity contribution in [3.05, 3.63) is 60.0 Å². The number of rotatable bonds is 3. The number of carbonyl (C=O) groups is 1. The first-order valence-corrected chi connectivity index (χ1v) is 8.92. The molecule has 1 saturated heterocycles. The Kier molecular flexibility index (Phi) is 4.46. The number of hydrogen-bond acceptors (Lipinski definition) is 3. The Bertz CT molecular complexity index is 859. The molecule has 0 unspecified atom stereocenters. The molecular formula is C20H22N4O. The molecule has 4 rings (SSSR count). The van der Waals surface area contributed by atoms with Crippen LogP contribution in [0.25, 0.3) is 10.9 Å². The molecule has 3 aromatic rings. The van der Waals surface area contributed by atoms with E-state index in [0.29, 0.717) is 11.6 Å². The molecule has 0 radical (unpaired) electrons. The van der Waals surface area contributed by atoms with Gasteiger partial charge in [0.2, 0.25) is 0 Å². The number of nitrogens with zero attached hydrogens (tertiary/aromatic N) is 3. The van der Waals surface area contributed by atoms with E-state index < -0.39 is 0 Å². The molecule has 1 aliphatic heterocycles. The first kappa shape index (κ1) is 15.8. The highest BCUT2D eigenvalue weighted by Gasteiger charge is 2.22. The Morgan fingerprint density at radius 3 is 3.00 bits per heavy atom. The van der Waals surface area contributed by atoms with Crippen molar-refractivity contribution in [2.75, 3.05) is 13.1 Å². The van der Waals surface area contributed by atoms with E-state index >= 15 is 0 Å². The average Bonchev–Trinajstić information content (AvgIpc) is 3.08. The SMILES string of the molecule is O=C(c1ccn[nH]1)N1CCC[C@H](Cc2cnc3ccccc3c2)CC1. The quantitative estimate of drug-likeness (QED) is 0.798. The number of aromatic nitrogens is 3. The summed E-state index contributed by atoms with van der Waals surface area (Å²) in [5.74, 6) is 0.660. The first-order chi connectivity index (χ1) is 12.3. The Balaban J connectivity index is 1.41. The molecule has 1 N–H and O–H groups in total. The van der Waals surface area contributed by atoms with Crippen molar-refractivity contribution in [1.29, 1.82) is 0 Å². The number of amides is 1. The molecule has 1 aliphatic rings. The Hall–Kier alpha value is -2.69. The highest BCUT2D eigenvalue weighted by molar-refractivity contribution is 5.92. The maximum Gasteiger partial charge on any atom is 0.271 e. The van der Waals surface area contributed by atoms with Crippen LogP contribution in [0, 0.1) is 5.92 Å². The van der Waals surface area contributed by atoms with Crippen LogP contribution in [0.4, 0.5) is 0 Å². The van der Waals surface area contributed by atoms with E-state index in [-0.39, 0.29) is 5.91 Å². The van der Waals surface area contributed by atoms with Crippen molar-refractivity contribution in [3.63, 3.8) is 0 Å². The van der Waals surface area contributed by atoms with Crippen molar-refractivity contribution < 1.29 is 4.79 Å². The van der Waals surface area contributed by atoms with Gasteiger partial charge in [-0.3, -0.25) is 14.9 Å². The molecule has 0 bridgehead atoms. The standard InChI is InChI=1S/C20H22N4O/c25-20(19-7-9-22-23-19)24-10-3-4-15(8-11-24)12-16-13-17-5-1-2-6-18(17)21-14-16/h1-2,5-7,9,13-15H,3-4,8,10-12H2,(H,22,23)/t15-/m0/s1. The van der Waals surface area contributed by atoms with Crippen LogP contribution in [0.3, 0.4) is 0 Å². The fourth-order valence-electron chi connectivity index (χ4n) is 3.68. The third-order valence-corrected chi connectivity index (χ3v) is 5.04. The summed E-state index contributed by atoms with van der Waals surface area (Å²) in [5.41, 5.74) is 2.91. The van der Waals surface area contributed by atoms with Gasteiger partial charge in [-0.2, -0.15) is 5.10 Å². The van der Waals surface area contributed by atoms with Crippen molar-refractivity contribution in [1.82, 2.24) is 20.1 Å². The van der Waals surface area contributed by atoms with E-state index in [9.17, 15) is 4.79 Å². The van der Waals surface area contributed by atoms with Crippen LogP contribution in [0.15, 0.2) is 48.8 Å². The Morgan fingerprint density at radius 1 is 1.20 bits per heavy atom. The van der Waals surface area contributed by atoms with Gasteiger partial charge in [0.15, 0.2) is 0 Å². The van der Waals surface area contributed by atoms with Gasteiger partial charge in [0.25, 0.3) is 5.91 Å². The lowest BCUT2D eigenvalue weighted by atomic mass is 9.93. The van der Waals surface area contributed by atoms with E-state index in [0.717, 1.165) is 44.3 Å². The minimum Gasteiger partial charge on any atom is -0.337 e. The van der Waals surface area contributed by atoms with E-state index in [4.69, 9.17) is 0 Å². The fraction of sp³-hybridized carbons (Fsp3) is 0.350. The molecule has 2 aromatic heterocycles. The number of H-pyrrole nitrogens is 1. The summed E-state index contributed by atoms with van der Waals surface area (Å²) in [6.45, 7) is 1.63. The van der Waals surface area contributed by atoms with Crippen LogP contribution in [-0.4, -0.2) is 39.1 Å². The van der Waals surface area contributed by atoms with E-state index in [2.05, 4.69) is 33.4 Å². The van der Waals surface area contributed by atoms with Gasteiger partial charge in [0.05, 0.1) is 5.52 Å². The molecule has 0 aliphatic carbocycles. The number of para-hydroxylation sites is 1. The molecule has 0 spiro atoms.